The van der Waals surface area contributed by atoms with Gasteiger partial charge < -0.3 is 0 Å². The van der Waals surface area contributed by atoms with Crippen LogP contribution in [0.1, 0.15) is 27.7 Å². The number of hydrogen-bond donors (Lipinski definition) is 0. The number of alkyl halides is 1. The van der Waals surface area contributed by atoms with Crippen molar-refractivity contribution in [1.29, 1.82) is 0 Å². The van der Waals surface area contributed by atoms with E-state index in [0.717, 1.165) is 15.6 Å². The van der Waals surface area contributed by atoms with Crippen LogP contribution in [-0.4, -0.2) is 5.78 Å². The normalized spacial score (nSPS) is 13.8. The van der Waals surface area contributed by atoms with E-state index < -0.39 is 0 Å². The predicted octanol–water partition coefficient (Wildman–Crippen LogP) is 5.40. The maximum Gasteiger partial charge on any atom is 0.167 e. The van der Waals surface area contributed by atoms with Gasteiger partial charge in [-0.15, -0.1) is 0 Å². The van der Waals surface area contributed by atoms with Crippen LogP contribution in [0.15, 0.2) is 59.1 Å². The minimum Gasteiger partial charge on any atom is -0.294 e. The van der Waals surface area contributed by atoms with Gasteiger partial charge >= 0.3 is 0 Å². The zero-order chi connectivity index (χ0) is 13.8. The van der Waals surface area contributed by atoms with Crippen LogP contribution in [0.4, 0.5) is 0 Å². The number of ketones is 1. The fraction of sp³-hybridized carbons (Fsp3) is 0.188. The molecule has 0 aliphatic rings. The lowest BCUT2D eigenvalue weighted by Gasteiger charge is -2.17. The average Bonchev–Trinajstić information content (AvgIpc) is 2.46. The lowest BCUT2D eigenvalue weighted by molar-refractivity contribution is 0.0929. The van der Waals surface area contributed by atoms with Crippen LogP contribution in [0.5, 0.6) is 0 Å². The number of carbonyl (C=O) groups is 1. The highest BCUT2D eigenvalue weighted by Gasteiger charge is 2.23. The molecule has 0 saturated carbocycles. The van der Waals surface area contributed by atoms with Gasteiger partial charge in [0.15, 0.2) is 5.78 Å². The highest BCUT2D eigenvalue weighted by atomic mass is 79.9. The topological polar surface area (TPSA) is 17.1 Å². The zero-order valence-electron chi connectivity index (χ0n) is 10.5. The van der Waals surface area contributed by atoms with E-state index in [1.54, 1.807) is 0 Å². The summed E-state index contributed by atoms with van der Waals surface area (Å²) in [6, 6.07) is 17.5. The third kappa shape index (κ3) is 3.54. The fourth-order valence-electron chi connectivity index (χ4n) is 1.94. The molecule has 2 aromatic carbocycles. The van der Waals surface area contributed by atoms with E-state index in [1.165, 1.54) is 0 Å². The lowest BCUT2D eigenvalue weighted by atomic mass is 9.93. The first kappa shape index (κ1) is 14.5. The van der Waals surface area contributed by atoms with Crippen molar-refractivity contribution >= 4 is 37.6 Å². The summed E-state index contributed by atoms with van der Waals surface area (Å²) in [5, 5.41) is 0. The second kappa shape index (κ2) is 6.49. The summed E-state index contributed by atoms with van der Waals surface area (Å²) >= 11 is 7.01. The number of hydrogen-bond acceptors (Lipinski definition) is 1. The molecule has 2 rings (SSSR count). The van der Waals surface area contributed by atoms with Gasteiger partial charge in [0.25, 0.3) is 0 Å². The molecule has 0 fully saturated rings. The standard InChI is InChI=1S/C16H14Br2O/c1-11(15(18)12-5-3-2-4-6-12)16(19)13-7-9-14(17)10-8-13/h2-11,15H,1H3/t11-,15+/m0/s1. The fourth-order valence-corrected chi connectivity index (χ4v) is 2.75. The van der Waals surface area contributed by atoms with Crippen molar-refractivity contribution in [2.24, 2.45) is 5.92 Å². The van der Waals surface area contributed by atoms with E-state index in [-0.39, 0.29) is 16.5 Å². The van der Waals surface area contributed by atoms with E-state index in [9.17, 15) is 4.79 Å². The second-order valence-electron chi connectivity index (χ2n) is 4.47. The van der Waals surface area contributed by atoms with Crippen molar-refractivity contribution in [1.82, 2.24) is 0 Å². The molecule has 0 radical (unpaired) electrons. The van der Waals surface area contributed by atoms with Crippen LogP contribution >= 0.6 is 31.9 Å². The number of carbonyl (C=O) groups excluding carboxylic acids is 1. The Morgan fingerprint density at radius 2 is 1.58 bits per heavy atom. The molecule has 3 heteroatoms. The first-order chi connectivity index (χ1) is 9.09. The third-order valence-electron chi connectivity index (χ3n) is 3.10. The maximum atomic E-state index is 12.4. The van der Waals surface area contributed by atoms with E-state index in [2.05, 4.69) is 31.9 Å². The molecular weight excluding hydrogens is 368 g/mol. The third-order valence-corrected chi connectivity index (χ3v) is 4.95. The van der Waals surface area contributed by atoms with E-state index >= 15 is 0 Å². The van der Waals surface area contributed by atoms with E-state index in [4.69, 9.17) is 0 Å². The molecule has 0 amide bonds. The van der Waals surface area contributed by atoms with Crippen molar-refractivity contribution in [3.8, 4) is 0 Å². The molecular formula is C16H14Br2O. The molecule has 0 spiro atoms. The van der Waals surface area contributed by atoms with Crippen molar-refractivity contribution in [3.05, 3.63) is 70.2 Å². The highest BCUT2D eigenvalue weighted by Crippen LogP contribution is 2.32. The van der Waals surface area contributed by atoms with Gasteiger partial charge in [0.1, 0.15) is 0 Å². The van der Waals surface area contributed by atoms with Crippen molar-refractivity contribution in [3.63, 3.8) is 0 Å². The van der Waals surface area contributed by atoms with Gasteiger partial charge in [-0.25, -0.2) is 0 Å². The summed E-state index contributed by atoms with van der Waals surface area (Å²) in [4.78, 5) is 12.5. The Kier molecular flexibility index (Phi) is 4.94. The SMILES string of the molecule is C[C@H](C(=O)c1ccc(Br)cc1)[C@@H](Br)c1ccccc1. The number of Topliss-reactive ketones (excluding diaryl/α,β-unsaturated/α-hetero) is 1. The Morgan fingerprint density at radius 1 is 1.00 bits per heavy atom. The Morgan fingerprint density at radius 3 is 2.16 bits per heavy atom. The molecule has 0 saturated heterocycles. The quantitative estimate of drug-likeness (QED) is 0.511. The molecule has 0 unspecified atom stereocenters. The van der Waals surface area contributed by atoms with Crippen LogP contribution in [0, 0.1) is 5.92 Å². The van der Waals surface area contributed by atoms with Gasteiger partial charge in [-0.3, -0.25) is 4.79 Å². The molecule has 0 aromatic heterocycles. The van der Waals surface area contributed by atoms with Crippen LogP contribution in [0.2, 0.25) is 0 Å². The first-order valence-electron chi connectivity index (χ1n) is 6.08. The first-order valence-corrected chi connectivity index (χ1v) is 7.79. The number of rotatable bonds is 4. The molecule has 98 valence electrons. The predicted molar refractivity (Wildman–Crippen MR) is 85.7 cm³/mol. The van der Waals surface area contributed by atoms with Crippen LogP contribution in [-0.2, 0) is 0 Å². The number of halogens is 2. The highest BCUT2D eigenvalue weighted by molar-refractivity contribution is 9.10. The average molecular weight is 382 g/mol. The maximum absolute atomic E-state index is 12.4. The summed E-state index contributed by atoms with van der Waals surface area (Å²) in [7, 11) is 0. The molecule has 0 heterocycles. The minimum atomic E-state index is -0.108. The smallest absolute Gasteiger partial charge is 0.167 e. The molecule has 0 bridgehead atoms. The summed E-state index contributed by atoms with van der Waals surface area (Å²) in [5.74, 6) is 0.0433. The van der Waals surface area contributed by atoms with Crippen molar-refractivity contribution in [2.45, 2.75) is 11.8 Å². The zero-order valence-corrected chi connectivity index (χ0v) is 13.7. The molecule has 0 N–H and O–H groups in total. The lowest BCUT2D eigenvalue weighted by Crippen LogP contribution is -2.16. The molecule has 2 atom stereocenters. The second-order valence-corrected chi connectivity index (χ2v) is 6.37. The Labute approximate surface area is 130 Å². The van der Waals surface area contributed by atoms with E-state index in [1.807, 2.05) is 61.5 Å². The summed E-state index contributed by atoms with van der Waals surface area (Å²) in [6.07, 6.45) is 0. The largest absolute Gasteiger partial charge is 0.294 e. The Balaban J connectivity index is 2.17. The van der Waals surface area contributed by atoms with E-state index in [0.29, 0.717) is 0 Å². The van der Waals surface area contributed by atoms with Gasteiger partial charge in [-0.05, 0) is 17.7 Å². The minimum absolute atomic E-state index is 0.0323. The summed E-state index contributed by atoms with van der Waals surface area (Å²) < 4.78 is 0.982. The molecule has 0 aliphatic heterocycles. The Hall–Kier alpha value is -0.930. The Bertz CT molecular complexity index is 549. The molecule has 19 heavy (non-hydrogen) atoms. The summed E-state index contributed by atoms with van der Waals surface area (Å²) in [5.41, 5.74) is 1.87. The van der Waals surface area contributed by atoms with Gasteiger partial charge in [0, 0.05) is 20.8 Å². The van der Waals surface area contributed by atoms with Gasteiger partial charge in [-0.2, -0.15) is 0 Å². The van der Waals surface area contributed by atoms with Gasteiger partial charge in [0.2, 0.25) is 0 Å². The van der Waals surface area contributed by atoms with Crippen LogP contribution < -0.4 is 0 Å². The summed E-state index contributed by atoms with van der Waals surface area (Å²) in [6.45, 7) is 1.96. The van der Waals surface area contributed by atoms with Crippen LogP contribution in [0.3, 0.4) is 0 Å². The van der Waals surface area contributed by atoms with Gasteiger partial charge in [0.05, 0.1) is 0 Å². The monoisotopic (exact) mass is 380 g/mol. The number of benzene rings is 2. The van der Waals surface area contributed by atoms with Crippen LogP contribution in [0.25, 0.3) is 0 Å². The molecule has 1 nitrogen and oxygen atoms in total. The van der Waals surface area contributed by atoms with Crippen molar-refractivity contribution < 1.29 is 4.79 Å². The van der Waals surface area contributed by atoms with Crippen molar-refractivity contribution in [2.75, 3.05) is 0 Å². The molecule has 0 aliphatic carbocycles. The molecule has 2 aromatic rings. The van der Waals surface area contributed by atoms with Gasteiger partial charge in [-0.1, -0.05) is 81.2 Å².